The molecule has 402 valence electrons. The van der Waals surface area contributed by atoms with E-state index in [1.54, 1.807) is 0 Å². The molecule has 11 nitrogen and oxygen atoms in total. The number of aliphatic hydroxyl groups excluding tert-OH is 1. The van der Waals surface area contributed by atoms with Crippen LogP contribution in [0.5, 0.6) is 0 Å². The monoisotopic (exact) mass is 1000 g/mol. The third-order valence-corrected chi connectivity index (χ3v) is 12.2. The van der Waals surface area contributed by atoms with Crippen molar-refractivity contribution in [2.24, 2.45) is 0 Å². The van der Waals surface area contributed by atoms with Crippen LogP contribution in [0.1, 0.15) is 226 Å². The predicted molar refractivity (Wildman–Crippen MR) is 288 cm³/mol. The van der Waals surface area contributed by atoms with Crippen molar-refractivity contribution in [2.45, 2.75) is 238 Å². The molecular weight excluding hydrogens is 904 g/mol. The summed E-state index contributed by atoms with van der Waals surface area (Å²) < 4.78 is 39.4. The molecule has 2 N–H and O–H groups in total. The first-order valence-electron chi connectivity index (χ1n) is 27.5. The second-order valence-corrected chi connectivity index (χ2v) is 19.5. The van der Waals surface area contributed by atoms with Crippen LogP contribution < -0.4 is 0 Å². The lowest BCUT2D eigenvalue weighted by molar-refractivity contribution is -0.161. The molecule has 0 rings (SSSR count). The van der Waals surface area contributed by atoms with Gasteiger partial charge in [-0.3, -0.25) is 23.4 Å². The van der Waals surface area contributed by atoms with Crippen LogP contribution in [-0.4, -0.2) is 66.5 Å². The molecule has 0 aliphatic carbocycles. The number of carbonyl (C=O) groups excluding carboxylic acids is 3. The van der Waals surface area contributed by atoms with Crippen molar-refractivity contribution in [3.63, 3.8) is 0 Å². The smallest absolute Gasteiger partial charge is 0.462 e. The first kappa shape index (κ1) is 66.7. The number of esters is 3. The van der Waals surface area contributed by atoms with Gasteiger partial charge in [0.2, 0.25) is 0 Å². The van der Waals surface area contributed by atoms with E-state index in [2.05, 4.69) is 106 Å². The zero-order valence-corrected chi connectivity index (χ0v) is 45.1. The summed E-state index contributed by atoms with van der Waals surface area (Å²) in [6.07, 6.45) is 58.3. The molecule has 70 heavy (non-hydrogen) atoms. The van der Waals surface area contributed by atoms with Gasteiger partial charge in [0.1, 0.15) is 12.7 Å². The fourth-order valence-electron chi connectivity index (χ4n) is 7.08. The Labute approximate surface area is 426 Å². The Morgan fingerprint density at radius 2 is 0.771 bits per heavy atom. The summed E-state index contributed by atoms with van der Waals surface area (Å²) in [5, 5.41) is 9.79. The second kappa shape index (κ2) is 52.0. The lowest BCUT2D eigenvalue weighted by Crippen LogP contribution is -2.30. The van der Waals surface area contributed by atoms with Gasteiger partial charge in [-0.2, -0.15) is 0 Å². The summed E-state index contributed by atoms with van der Waals surface area (Å²) in [6, 6.07) is 0. The van der Waals surface area contributed by atoms with Gasteiger partial charge in [0.25, 0.3) is 0 Å². The Morgan fingerprint density at radius 1 is 0.414 bits per heavy atom. The third kappa shape index (κ3) is 49.6. The summed E-state index contributed by atoms with van der Waals surface area (Å²) in [6.45, 7) is 4.38. The molecule has 0 fully saturated rings. The zero-order valence-electron chi connectivity index (χ0n) is 44.2. The number of carbonyl (C=O) groups is 3. The number of aliphatic hydroxyl groups is 1. The minimum atomic E-state index is -4.76. The van der Waals surface area contributed by atoms with Crippen LogP contribution in [-0.2, 0) is 42.2 Å². The van der Waals surface area contributed by atoms with Gasteiger partial charge >= 0.3 is 25.7 Å². The normalized spacial score (nSPS) is 14.1. The Morgan fingerprint density at radius 3 is 1.21 bits per heavy atom. The van der Waals surface area contributed by atoms with Crippen LogP contribution in [0.2, 0.25) is 0 Å². The number of ether oxygens (including phenoxy) is 3. The van der Waals surface area contributed by atoms with E-state index in [1.165, 1.54) is 25.7 Å². The minimum absolute atomic E-state index is 0.142. The molecule has 0 spiro atoms. The highest BCUT2D eigenvalue weighted by Gasteiger charge is 2.28. The molecule has 0 amide bonds. The minimum Gasteiger partial charge on any atom is -0.462 e. The number of rotatable bonds is 50. The number of allylic oxidation sites excluding steroid dienone is 14. The van der Waals surface area contributed by atoms with Crippen molar-refractivity contribution in [2.75, 3.05) is 26.4 Å². The number of hydrogen-bond donors (Lipinski definition) is 2. The molecule has 0 aliphatic rings. The maximum atomic E-state index is 12.9. The standard InChI is InChI=1S/C58H99O11P/c1-4-7-10-13-16-19-22-25-26-27-28-31-32-35-38-41-44-47-56(60)65-51-55(69-58(62)49-46-43-40-37-34-30-24-21-18-15-12-9-6-3)53-67-70(63,64)66-52-54(50-59)68-57(61)48-45-42-39-36-33-29-23-20-17-14-11-8-5-2/h7,10,12,15-16,19-21,23-26,28,31,54-55,59H,4-6,8-9,11,13-14,17-18,22,27,29-30,32-53H2,1-3H3,(H,63,64)/b10-7-,15-12-,19-16-,23-20-,24-21-,26-25-,31-28-. The van der Waals surface area contributed by atoms with Crippen LogP contribution in [0.15, 0.2) is 85.1 Å². The van der Waals surface area contributed by atoms with Crippen molar-refractivity contribution in [1.82, 2.24) is 0 Å². The molecule has 0 aromatic carbocycles. The van der Waals surface area contributed by atoms with E-state index < -0.39 is 57.8 Å². The summed E-state index contributed by atoms with van der Waals surface area (Å²) in [5.41, 5.74) is 0. The van der Waals surface area contributed by atoms with E-state index in [-0.39, 0.29) is 25.9 Å². The number of unbranched alkanes of at least 4 members (excludes halogenated alkanes) is 19. The Bertz CT molecular complexity index is 1500. The van der Waals surface area contributed by atoms with Gasteiger partial charge < -0.3 is 24.2 Å². The van der Waals surface area contributed by atoms with Gasteiger partial charge in [-0.15, -0.1) is 0 Å². The van der Waals surface area contributed by atoms with Crippen molar-refractivity contribution >= 4 is 25.7 Å². The topological polar surface area (TPSA) is 155 Å². The number of hydrogen-bond acceptors (Lipinski definition) is 10. The van der Waals surface area contributed by atoms with Crippen LogP contribution in [0.4, 0.5) is 0 Å². The highest BCUT2D eigenvalue weighted by atomic mass is 31.2. The molecule has 0 aromatic rings. The molecule has 0 aliphatic heterocycles. The molecule has 12 heteroatoms. The number of phosphoric ester groups is 1. The summed E-state index contributed by atoms with van der Waals surface area (Å²) >= 11 is 0. The maximum absolute atomic E-state index is 12.9. The van der Waals surface area contributed by atoms with Crippen molar-refractivity contribution < 1.29 is 52.2 Å². The van der Waals surface area contributed by atoms with Gasteiger partial charge in [0.15, 0.2) is 6.10 Å². The average Bonchev–Trinajstić information content (AvgIpc) is 3.35. The van der Waals surface area contributed by atoms with E-state index in [9.17, 15) is 28.9 Å². The van der Waals surface area contributed by atoms with Crippen molar-refractivity contribution in [3.8, 4) is 0 Å². The SMILES string of the molecule is CC/C=C\C/C=C\C/C=C\C/C=C\CCCCCCC(=O)OCC(COP(=O)(O)OCC(CO)OC(=O)CCCCCCC/C=C\CCCCCC)OC(=O)CCCCCCC/C=C\C/C=C\CCC. The number of phosphoric acid groups is 1. The van der Waals surface area contributed by atoms with Gasteiger partial charge in [-0.25, -0.2) is 4.57 Å². The largest absolute Gasteiger partial charge is 0.472 e. The molecule has 3 unspecified atom stereocenters. The lowest BCUT2D eigenvalue weighted by Gasteiger charge is -2.21. The third-order valence-electron chi connectivity index (χ3n) is 11.3. The Kier molecular flexibility index (Phi) is 49.5. The molecule has 0 saturated heterocycles. The second-order valence-electron chi connectivity index (χ2n) is 18.0. The summed E-state index contributed by atoms with van der Waals surface area (Å²) in [5.74, 6) is -1.52. The van der Waals surface area contributed by atoms with E-state index in [4.69, 9.17) is 23.3 Å². The fourth-order valence-corrected chi connectivity index (χ4v) is 7.87. The fraction of sp³-hybridized carbons (Fsp3) is 0.707. The van der Waals surface area contributed by atoms with Crippen molar-refractivity contribution in [3.05, 3.63) is 85.1 Å². The van der Waals surface area contributed by atoms with Gasteiger partial charge in [0, 0.05) is 19.3 Å². The average molecular weight is 1000 g/mol. The van der Waals surface area contributed by atoms with E-state index in [1.807, 2.05) is 0 Å². The molecule has 0 aromatic heterocycles. The van der Waals surface area contributed by atoms with Crippen LogP contribution in [0.3, 0.4) is 0 Å². The molecule has 0 heterocycles. The highest BCUT2D eigenvalue weighted by Crippen LogP contribution is 2.43. The van der Waals surface area contributed by atoms with Gasteiger partial charge in [0.05, 0.1) is 19.8 Å². The van der Waals surface area contributed by atoms with Crippen LogP contribution >= 0.6 is 7.82 Å². The maximum Gasteiger partial charge on any atom is 0.472 e. The molecule has 0 radical (unpaired) electrons. The summed E-state index contributed by atoms with van der Waals surface area (Å²) in [7, 11) is -4.76. The first-order chi connectivity index (χ1) is 34.2. The summed E-state index contributed by atoms with van der Waals surface area (Å²) in [4.78, 5) is 48.4. The molecule has 0 bridgehead atoms. The Balaban J connectivity index is 4.79. The Hall–Kier alpha value is -3.34. The highest BCUT2D eigenvalue weighted by molar-refractivity contribution is 7.47. The molecule has 0 saturated carbocycles. The van der Waals surface area contributed by atoms with Gasteiger partial charge in [-0.05, 0) is 109 Å². The quantitative estimate of drug-likeness (QED) is 0.0197. The predicted octanol–water partition coefficient (Wildman–Crippen LogP) is 15.9. The van der Waals surface area contributed by atoms with E-state index >= 15 is 0 Å². The van der Waals surface area contributed by atoms with E-state index in [0.29, 0.717) is 19.3 Å². The van der Waals surface area contributed by atoms with Crippen molar-refractivity contribution in [1.29, 1.82) is 0 Å². The van der Waals surface area contributed by atoms with Crippen LogP contribution in [0, 0.1) is 0 Å². The van der Waals surface area contributed by atoms with Crippen LogP contribution in [0.25, 0.3) is 0 Å². The van der Waals surface area contributed by atoms with Gasteiger partial charge in [-0.1, -0.05) is 183 Å². The molecular formula is C58H99O11P. The lowest BCUT2D eigenvalue weighted by atomic mass is 10.1. The molecule has 3 atom stereocenters. The first-order valence-corrected chi connectivity index (χ1v) is 29.0. The van der Waals surface area contributed by atoms with E-state index in [0.717, 1.165) is 141 Å². The zero-order chi connectivity index (χ0) is 51.3.